The lowest BCUT2D eigenvalue weighted by Crippen LogP contribution is -2.41. The molecule has 6 rings (SSSR count). The number of pyridine rings is 1. The van der Waals surface area contributed by atoms with E-state index in [2.05, 4.69) is 52.6 Å². The number of nitrogens with zero attached hydrogens (tertiary/aromatic N) is 6. The van der Waals surface area contributed by atoms with Crippen molar-refractivity contribution < 1.29 is 9.90 Å². The van der Waals surface area contributed by atoms with Crippen molar-refractivity contribution in [2.75, 3.05) is 18.5 Å². The molecule has 4 heterocycles. The van der Waals surface area contributed by atoms with E-state index in [-0.39, 0.29) is 18.1 Å². The fraction of sp³-hybridized carbons (Fsp3) is 0.412. The highest BCUT2D eigenvalue weighted by Crippen LogP contribution is 2.35. The van der Waals surface area contributed by atoms with Gasteiger partial charge >= 0.3 is 0 Å². The summed E-state index contributed by atoms with van der Waals surface area (Å²) in [6, 6.07) is 14.0. The van der Waals surface area contributed by atoms with Crippen molar-refractivity contribution in [2.45, 2.75) is 71.7 Å². The minimum absolute atomic E-state index is 0.0456. The van der Waals surface area contributed by atoms with Gasteiger partial charge in [0.2, 0.25) is 0 Å². The standard InChI is InChI=1S/C34H40N6O3/c1-22(2)37(3)20-23-12-13-26(35-19-23)16-25-17-29(36-38(4)33(25)42)27-9-7-11-31(28(27)21-41)40-15-14-39-30-10-6-5-8-24(30)18-32(39)34(40)43/h7,9,11-13,17-19,22,41H,5-6,8,10,14-16,20-21H2,1-4H3. The van der Waals surface area contributed by atoms with Crippen LogP contribution in [0.25, 0.3) is 11.3 Å². The molecule has 4 aromatic rings. The zero-order valence-corrected chi connectivity index (χ0v) is 25.5. The first kappa shape index (κ1) is 29.0. The summed E-state index contributed by atoms with van der Waals surface area (Å²) in [5, 5.41) is 15.2. The number of carbonyl (C=O) groups excluding carboxylic acids is 1. The van der Waals surface area contributed by atoms with Gasteiger partial charge in [0.05, 0.1) is 18.0 Å². The van der Waals surface area contributed by atoms with Crippen molar-refractivity contribution in [1.82, 2.24) is 24.2 Å². The van der Waals surface area contributed by atoms with Crippen LogP contribution in [-0.2, 0) is 46.0 Å². The number of aryl methyl sites for hydroxylation is 2. The molecule has 0 saturated carbocycles. The summed E-state index contributed by atoms with van der Waals surface area (Å²) in [6.45, 7) is 6.12. The van der Waals surface area contributed by atoms with E-state index >= 15 is 0 Å². The van der Waals surface area contributed by atoms with E-state index in [0.717, 1.165) is 55.7 Å². The third-order valence-corrected chi connectivity index (χ3v) is 9.00. The Hall–Kier alpha value is -4.08. The number of benzene rings is 1. The maximum absolute atomic E-state index is 13.8. The van der Waals surface area contributed by atoms with Crippen LogP contribution in [-0.4, -0.2) is 54.9 Å². The van der Waals surface area contributed by atoms with Crippen LogP contribution in [0.5, 0.6) is 0 Å². The molecular formula is C34H40N6O3. The normalized spacial score (nSPS) is 14.9. The third-order valence-electron chi connectivity index (χ3n) is 9.00. The first-order valence-corrected chi connectivity index (χ1v) is 15.2. The molecule has 1 aliphatic heterocycles. The molecule has 0 radical (unpaired) electrons. The van der Waals surface area contributed by atoms with E-state index in [1.807, 2.05) is 30.5 Å². The quantitative estimate of drug-likeness (QED) is 0.337. The molecular weight excluding hydrogens is 540 g/mol. The van der Waals surface area contributed by atoms with Crippen molar-refractivity contribution in [3.05, 3.63) is 98.4 Å². The van der Waals surface area contributed by atoms with E-state index in [4.69, 9.17) is 0 Å². The zero-order valence-electron chi connectivity index (χ0n) is 25.5. The van der Waals surface area contributed by atoms with Crippen molar-refractivity contribution in [2.24, 2.45) is 7.05 Å². The van der Waals surface area contributed by atoms with Gasteiger partial charge in [-0.2, -0.15) is 5.10 Å². The predicted molar refractivity (Wildman–Crippen MR) is 167 cm³/mol. The van der Waals surface area contributed by atoms with E-state index in [1.54, 1.807) is 18.0 Å². The number of amides is 1. The van der Waals surface area contributed by atoms with Crippen LogP contribution in [0.2, 0.25) is 0 Å². The molecule has 9 heteroatoms. The molecule has 0 unspecified atom stereocenters. The molecule has 43 heavy (non-hydrogen) atoms. The number of carbonyl (C=O) groups is 1. The summed E-state index contributed by atoms with van der Waals surface area (Å²) in [5.41, 5.74) is 8.19. The van der Waals surface area contributed by atoms with Gasteiger partial charge in [0.15, 0.2) is 0 Å². The number of anilines is 1. The average Bonchev–Trinajstić information content (AvgIpc) is 3.40. The van der Waals surface area contributed by atoms with Gasteiger partial charge in [-0.1, -0.05) is 18.2 Å². The first-order valence-electron chi connectivity index (χ1n) is 15.2. The Morgan fingerprint density at radius 3 is 2.60 bits per heavy atom. The smallest absolute Gasteiger partial charge is 0.274 e. The number of aliphatic hydroxyl groups excluding tert-OH is 1. The van der Waals surface area contributed by atoms with Gasteiger partial charge in [0.25, 0.3) is 11.5 Å². The topological polar surface area (TPSA) is 96.5 Å². The lowest BCUT2D eigenvalue weighted by Gasteiger charge is -2.31. The van der Waals surface area contributed by atoms with Crippen LogP contribution >= 0.6 is 0 Å². The molecule has 1 aromatic carbocycles. The summed E-state index contributed by atoms with van der Waals surface area (Å²) in [5.74, 6) is -0.0456. The maximum atomic E-state index is 13.8. The van der Waals surface area contributed by atoms with Gasteiger partial charge in [-0.15, -0.1) is 0 Å². The molecule has 3 aromatic heterocycles. The summed E-state index contributed by atoms with van der Waals surface area (Å²) >= 11 is 0. The largest absolute Gasteiger partial charge is 0.392 e. The third kappa shape index (κ3) is 5.55. The van der Waals surface area contributed by atoms with Crippen molar-refractivity contribution in [3.63, 3.8) is 0 Å². The lowest BCUT2D eigenvalue weighted by atomic mass is 9.98. The van der Waals surface area contributed by atoms with Crippen LogP contribution < -0.4 is 10.5 Å². The number of fused-ring (bicyclic) bond motifs is 3. The fourth-order valence-corrected chi connectivity index (χ4v) is 6.35. The molecule has 224 valence electrons. The highest BCUT2D eigenvalue weighted by molar-refractivity contribution is 6.07. The van der Waals surface area contributed by atoms with Crippen LogP contribution in [0, 0.1) is 0 Å². The molecule has 2 aliphatic rings. The Labute approximate surface area is 252 Å². The number of aromatic nitrogens is 4. The molecule has 0 atom stereocenters. The molecule has 0 spiro atoms. The predicted octanol–water partition coefficient (Wildman–Crippen LogP) is 4.11. The van der Waals surface area contributed by atoms with Gasteiger partial charge in [0.1, 0.15) is 5.69 Å². The Bertz CT molecular complexity index is 1720. The molecule has 0 bridgehead atoms. The number of hydrogen-bond acceptors (Lipinski definition) is 6. The van der Waals surface area contributed by atoms with Gasteiger partial charge in [-0.3, -0.25) is 19.5 Å². The van der Waals surface area contributed by atoms with E-state index in [1.165, 1.54) is 15.9 Å². The summed E-state index contributed by atoms with van der Waals surface area (Å²) in [7, 11) is 3.72. The number of aliphatic hydroxyl groups is 1. The van der Waals surface area contributed by atoms with Gasteiger partial charge in [-0.25, -0.2) is 4.68 Å². The Balaban J connectivity index is 1.31. The second-order valence-electron chi connectivity index (χ2n) is 12.1. The van der Waals surface area contributed by atoms with Crippen molar-refractivity contribution in [1.29, 1.82) is 0 Å². The SMILES string of the molecule is CC(C)N(C)Cc1ccc(Cc2cc(-c3cccc(N4CCn5c(cc6c5CCCC6)C4=O)c3CO)nn(C)c2=O)nc1. The molecule has 9 nitrogen and oxygen atoms in total. The van der Waals surface area contributed by atoms with Gasteiger partial charge < -0.3 is 14.6 Å². The first-order chi connectivity index (χ1) is 20.7. The van der Waals surface area contributed by atoms with E-state index in [9.17, 15) is 14.7 Å². The minimum Gasteiger partial charge on any atom is -0.392 e. The highest BCUT2D eigenvalue weighted by Gasteiger charge is 2.31. The minimum atomic E-state index is -0.263. The fourth-order valence-electron chi connectivity index (χ4n) is 6.35. The molecule has 1 amide bonds. The second-order valence-corrected chi connectivity index (χ2v) is 12.1. The van der Waals surface area contributed by atoms with E-state index < -0.39 is 0 Å². The monoisotopic (exact) mass is 580 g/mol. The highest BCUT2D eigenvalue weighted by atomic mass is 16.3. The summed E-state index contributed by atoms with van der Waals surface area (Å²) in [6.07, 6.45) is 6.61. The van der Waals surface area contributed by atoms with Crippen LogP contribution in [0.4, 0.5) is 5.69 Å². The Morgan fingerprint density at radius 2 is 1.86 bits per heavy atom. The van der Waals surface area contributed by atoms with Crippen molar-refractivity contribution >= 4 is 11.6 Å². The zero-order chi connectivity index (χ0) is 30.2. The average molecular weight is 581 g/mol. The number of hydrogen-bond donors (Lipinski definition) is 1. The summed E-state index contributed by atoms with van der Waals surface area (Å²) < 4.78 is 3.54. The second kappa shape index (κ2) is 11.9. The van der Waals surface area contributed by atoms with E-state index in [0.29, 0.717) is 47.1 Å². The Kier molecular flexibility index (Phi) is 8.03. The maximum Gasteiger partial charge on any atom is 0.274 e. The molecule has 1 aliphatic carbocycles. The number of rotatable bonds is 8. The van der Waals surface area contributed by atoms with Gasteiger partial charge in [-0.05, 0) is 82.0 Å². The van der Waals surface area contributed by atoms with Crippen LogP contribution in [0.1, 0.15) is 70.8 Å². The molecule has 0 saturated heterocycles. The molecule has 0 fully saturated rings. The van der Waals surface area contributed by atoms with Crippen LogP contribution in [0.15, 0.2) is 53.5 Å². The summed E-state index contributed by atoms with van der Waals surface area (Å²) in [4.78, 5) is 35.6. The van der Waals surface area contributed by atoms with Crippen LogP contribution in [0.3, 0.4) is 0 Å². The lowest BCUT2D eigenvalue weighted by molar-refractivity contribution is 0.0964. The van der Waals surface area contributed by atoms with Crippen molar-refractivity contribution in [3.8, 4) is 11.3 Å². The van der Waals surface area contributed by atoms with Gasteiger partial charge in [0, 0.05) is 73.4 Å². The Morgan fingerprint density at radius 1 is 1.05 bits per heavy atom. The molecule has 1 N–H and O–H groups in total.